The fraction of sp³-hybridized carbons (Fsp3) is 0.538. The van der Waals surface area contributed by atoms with Gasteiger partial charge in [-0.25, -0.2) is 9.37 Å². The van der Waals surface area contributed by atoms with Crippen LogP contribution < -0.4 is 20.4 Å². The first-order chi connectivity index (χ1) is 17.4. The second kappa shape index (κ2) is 7.61. The molecule has 1 aromatic heterocycles. The average Bonchev–Trinajstić information content (AvgIpc) is 3.22. The largest absolute Gasteiger partial charge is 0.378 e. The molecule has 2 aromatic rings. The van der Waals surface area contributed by atoms with Crippen molar-refractivity contribution in [3.63, 3.8) is 0 Å². The molecule has 3 aliphatic heterocycles. The van der Waals surface area contributed by atoms with Crippen molar-refractivity contribution in [2.75, 3.05) is 48.0 Å². The summed E-state index contributed by atoms with van der Waals surface area (Å²) in [5.74, 6) is 1.23. The number of nitrogens with one attached hydrogen (secondary N) is 2. The zero-order valence-electron chi connectivity index (χ0n) is 20.2. The third-order valence-electron chi connectivity index (χ3n) is 9.22. The molecule has 5 fully saturated rings. The SMILES string of the molecule is C[C@@H]1C2CC1(N1C(=O)[C@]3(CCNC3=O)Cc3cnc(Nc4ccc(N5CCOCC5)c(F)c4)nc31)C2. The van der Waals surface area contributed by atoms with Crippen LogP contribution in [0.5, 0.6) is 0 Å². The maximum Gasteiger partial charge on any atom is 0.244 e. The zero-order valence-corrected chi connectivity index (χ0v) is 20.2. The molecule has 6 aliphatic rings. The van der Waals surface area contributed by atoms with Gasteiger partial charge in [0.2, 0.25) is 17.8 Å². The quantitative estimate of drug-likeness (QED) is 0.633. The summed E-state index contributed by atoms with van der Waals surface area (Å²) >= 11 is 0. The molecule has 2 amide bonds. The van der Waals surface area contributed by atoms with Gasteiger partial charge in [0.25, 0.3) is 0 Å². The predicted molar refractivity (Wildman–Crippen MR) is 131 cm³/mol. The fourth-order valence-corrected chi connectivity index (χ4v) is 6.80. The molecular weight excluding hydrogens is 463 g/mol. The summed E-state index contributed by atoms with van der Waals surface area (Å²) in [4.78, 5) is 39.9. The monoisotopic (exact) mass is 492 g/mol. The van der Waals surface area contributed by atoms with Gasteiger partial charge in [0.1, 0.15) is 17.1 Å². The summed E-state index contributed by atoms with van der Waals surface area (Å²) in [5.41, 5.74) is 0.542. The molecule has 1 spiro atoms. The number of anilines is 4. The van der Waals surface area contributed by atoms with Crippen molar-refractivity contribution in [2.24, 2.45) is 17.3 Å². The molecule has 8 rings (SSSR count). The molecule has 4 heterocycles. The van der Waals surface area contributed by atoms with E-state index in [1.165, 1.54) is 6.07 Å². The number of ether oxygens (including phenoxy) is 1. The summed E-state index contributed by atoms with van der Waals surface area (Å²) < 4.78 is 20.3. The molecule has 188 valence electrons. The number of halogens is 1. The van der Waals surface area contributed by atoms with Crippen LogP contribution in [0.4, 0.5) is 27.5 Å². The normalized spacial score (nSPS) is 32.6. The van der Waals surface area contributed by atoms with Crippen molar-refractivity contribution in [3.8, 4) is 0 Å². The van der Waals surface area contributed by atoms with Gasteiger partial charge in [-0.15, -0.1) is 0 Å². The smallest absolute Gasteiger partial charge is 0.244 e. The third kappa shape index (κ3) is 2.90. The molecule has 3 saturated carbocycles. The molecule has 36 heavy (non-hydrogen) atoms. The molecule has 2 bridgehead atoms. The summed E-state index contributed by atoms with van der Waals surface area (Å²) in [6.07, 6.45) is 4.39. The highest BCUT2D eigenvalue weighted by molar-refractivity contribution is 6.15. The molecular formula is C26H29FN6O3. The number of morpholine rings is 1. The van der Waals surface area contributed by atoms with E-state index in [1.807, 2.05) is 9.80 Å². The molecule has 3 aliphatic carbocycles. The number of aromatic nitrogens is 2. The minimum Gasteiger partial charge on any atom is -0.378 e. The number of fused-ring (bicyclic) bond motifs is 1. The van der Waals surface area contributed by atoms with Crippen LogP contribution in [-0.2, 0) is 20.7 Å². The maximum absolute atomic E-state index is 14.9. The van der Waals surface area contributed by atoms with Crippen molar-refractivity contribution in [1.82, 2.24) is 15.3 Å². The second-order valence-electron chi connectivity index (χ2n) is 10.9. The highest BCUT2D eigenvalue weighted by Gasteiger charge is 2.71. The maximum atomic E-state index is 14.9. The minimum atomic E-state index is -1.07. The van der Waals surface area contributed by atoms with Crippen molar-refractivity contribution in [2.45, 2.75) is 38.1 Å². The Kier molecular flexibility index (Phi) is 4.65. The first kappa shape index (κ1) is 22.0. The standard InChI is InChI=1S/C26H29FN6O3/c1-15-16-12-26(15,13-16)33-21-17(11-25(23(33)35)4-5-28-22(25)34)14-29-24(31-21)30-18-2-3-20(19(27)10-18)32-6-8-36-9-7-32/h2-3,10,14-16H,4-9,11-13H2,1H3,(H,28,34)(H,29,30,31)/t15-,16?,25-,26?/m1/s1. The number of amides is 2. The number of carbonyl (C=O) groups excluding carboxylic acids is 2. The Morgan fingerprint density at radius 2 is 2.03 bits per heavy atom. The van der Waals surface area contributed by atoms with Crippen LogP contribution in [0.2, 0.25) is 0 Å². The number of hydrogen-bond donors (Lipinski definition) is 2. The average molecular weight is 493 g/mol. The van der Waals surface area contributed by atoms with E-state index in [2.05, 4.69) is 22.5 Å². The first-order valence-corrected chi connectivity index (χ1v) is 12.8. The number of nitrogens with zero attached hydrogens (tertiary/aromatic N) is 4. The lowest BCUT2D eigenvalue weighted by Gasteiger charge is -2.71. The molecule has 1 aromatic carbocycles. The Morgan fingerprint density at radius 3 is 2.67 bits per heavy atom. The van der Waals surface area contributed by atoms with E-state index in [0.717, 1.165) is 18.4 Å². The predicted octanol–water partition coefficient (Wildman–Crippen LogP) is 2.39. The van der Waals surface area contributed by atoms with Gasteiger partial charge in [-0.3, -0.25) is 14.5 Å². The topological polar surface area (TPSA) is 99.7 Å². The Bertz CT molecular complexity index is 1270. The van der Waals surface area contributed by atoms with Gasteiger partial charge in [-0.1, -0.05) is 6.92 Å². The summed E-state index contributed by atoms with van der Waals surface area (Å²) in [6.45, 7) is 5.16. The highest BCUT2D eigenvalue weighted by Crippen LogP contribution is 2.67. The van der Waals surface area contributed by atoms with Crippen LogP contribution in [0, 0.1) is 23.1 Å². The third-order valence-corrected chi connectivity index (χ3v) is 9.22. The van der Waals surface area contributed by atoms with Crippen LogP contribution in [0.15, 0.2) is 24.4 Å². The van der Waals surface area contributed by atoms with Gasteiger partial charge in [-0.2, -0.15) is 4.98 Å². The molecule has 0 radical (unpaired) electrons. The van der Waals surface area contributed by atoms with E-state index >= 15 is 0 Å². The van der Waals surface area contributed by atoms with Crippen LogP contribution >= 0.6 is 0 Å². The van der Waals surface area contributed by atoms with E-state index in [4.69, 9.17) is 9.72 Å². The lowest BCUT2D eigenvalue weighted by atomic mass is 9.42. The Hall–Kier alpha value is -3.27. The van der Waals surface area contributed by atoms with E-state index < -0.39 is 5.41 Å². The number of carbonyl (C=O) groups is 2. The van der Waals surface area contributed by atoms with Gasteiger partial charge in [0, 0.05) is 43.5 Å². The summed E-state index contributed by atoms with van der Waals surface area (Å²) in [6, 6.07) is 5.00. The van der Waals surface area contributed by atoms with E-state index in [1.54, 1.807) is 18.3 Å². The van der Waals surface area contributed by atoms with Crippen LogP contribution in [0.3, 0.4) is 0 Å². The number of hydrogen-bond acceptors (Lipinski definition) is 7. The van der Waals surface area contributed by atoms with Crippen LogP contribution in [0.25, 0.3) is 0 Å². The van der Waals surface area contributed by atoms with Crippen molar-refractivity contribution in [3.05, 3.63) is 35.8 Å². The zero-order chi connectivity index (χ0) is 24.7. The van der Waals surface area contributed by atoms with E-state index in [-0.39, 0.29) is 23.2 Å². The fourth-order valence-electron chi connectivity index (χ4n) is 6.80. The van der Waals surface area contributed by atoms with Gasteiger partial charge >= 0.3 is 0 Å². The number of rotatable bonds is 4. The highest BCUT2D eigenvalue weighted by atomic mass is 19.1. The Balaban J connectivity index is 1.21. The molecule has 9 nitrogen and oxygen atoms in total. The summed E-state index contributed by atoms with van der Waals surface area (Å²) in [5, 5.41) is 5.98. The minimum absolute atomic E-state index is 0.138. The molecule has 2 atom stereocenters. The van der Waals surface area contributed by atoms with Crippen LogP contribution in [-0.4, -0.2) is 60.2 Å². The molecule has 0 unspecified atom stereocenters. The van der Waals surface area contributed by atoms with Crippen molar-refractivity contribution < 1.29 is 18.7 Å². The van der Waals surface area contributed by atoms with Gasteiger partial charge in [-0.05, 0) is 49.3 Å². The lowest BCUT2D eigenvalue weighted by molar-refractivity contribution is -0.151. The Morgan fingerprint density at radius 1 is 1.22 bits per heavy atom. The molecule has 10 heteroatoms. The van der Waals surface area contributed by atoms with Gasteiger partial charge in [0.05, 0.1) is 24.4 Å². The van der Waals surface area contributed by atoms with Crippen molar-refractivity contribution in [1.29, 1.82) is 0 Å². The lowest BCUT2D eigenvalue weighted by Crippen LogP contribution is -2.78. The first-order valence-electron chi connectivity index (χ1n) is 12.8. The molecule has 2 N–H and O–H groups in total. The van der Waals surface area contributed by atoms with E-state index in [0.29, 0.717) is 80.7 Å². The van der Waals surface area contributed by atoms with E-state index in [9.17, 15) is 14.0 Å². The molecule has 2 saturated heterocycles. The number of benzene rings is 1. The Labute approximate surface area is 208 Å². The summed E-state index contributed by atoms with van der Waals surface area (Å²) in [7, 11) is 0. The van der Waals surface area contributed by atoms with Crippen molar-refractivity contribution >= 4 is 35.0 Å². The van der Waals surface area contributed by atoms with Gasteiger partial charge in [0.15, 0.2) is 0 Å². The second-order valence-corrected chi connectivity index (χ2v) is 10.9. The van der Waals surface area contributed by atoms with Gasteiger partial charge < -0.3 is 20.3 Å². The van der Waals surface area contributed by atoms with Crippen LogP contribution in [0.1, 0.15) is 31.7 Å².